The lowest BCUT2D eigenvalue weighted by molar-refractivity contribution is -0.0817. The number of nitrogens with zero attached hydrogens (tertiary/aromatic N) is 2. The molecule has 126 valence electrons. The van der Waals surface area contributed by atoms with Crippen molar-refractivity contribution in [2.45, 2.75) is 31.6 Å². The predicted molar refractivity (Wildman–Crippen MR) is 86.9 cm³/mol. The van der Waals surface area contributed by atoms with Crippen LogP contribution >= 0.6 is 0 Å². The molecule has 0 radical (unpaired) electrons. The highest BCUT2D eigenvalue weighted by atomic mass is 19.1. The van der Waals surface area contributed by atoms with Crippen LogP contribution in [0.4, 0.5) is 4.39 Å². The van der Waals surface area contributed by atoms with Crippen LogP contribution in [0.2, 0.25) is 0 Å². The number of ether oxygens (including phenoxy) is 2. The second-order valence-corrected chi connectivity index (χ2v) is 5.93. The number of guanidine groups is 1. The van der Waals surface area contributed by atoms with E-state index in [4.69, 9.17) is 9.47 Å². The molecule has 2 saturated heterocycles. The Balaban J connectivity index is 1.55. The molecule has 0 aromatic heterocycles. The number of benzene rings is 1. The summed E-state index contributed by atoms with van der Waals surface area (Å²) < 4.78 is 24.6. The summed E-state index contributed by atoms with van der Waals surface area (Å²) in [4.78, 5) is 6.57. The van der Waals surface area contributed by atoms with Crippen LogP contribution in [0.3, 0.4) is 0 Å². The van der Waals surface area contributed by atoms with Crippen LogP contribution in [0.25, 0.3) is 0 Å². The van der Waals surface area contributed by atoms with Crippen LogP contribution in [-0.4, -0.2) is 56.4 Å². The van der Waals surface area contributed by atoms with Crippen LogP contribution in [-0.2, 0) is 16.0 Å². The smallest absolute Gasteiger partial charge is 0.194 e. The number of morpholine rings is 1. The standard InChI is InChI=1S/C17H24FN3O2/c1-19-17(20-11-13-4-6-14(18)7-5-13)21-8-10-23-16(12-21)15-3-2-9-22-15/h4-7,15-16H,2-3,8-12H2,1H3,(H,19,20). The first-order valence-electron chi connectivity index (χ1n) is 8.19. The third kappa shape index (κ3) is 4.20. The lowest BCUT2D eigenvalue weighted by atomic mass is 10.1. The fourth-order valence-electron chi connectivity index (χ4n) is 3.10. The minimum atomic E-state index is -0.217. The maximum Gasteiger partial charge on any atom is 0.194 e. The zero-order chi connectivity index (χ0) is 16.1. The summed E-state index contributed by atoms with van der Waals surface area (Å²) >= 11 is 0. The van der Waals surface area contributed by atoms with E-state index in [1.807, 2.05) is 0 Å². The van der Waals surface area contributed by atoms with Gasteiger partial charge < -0.3 is 19.7 Å². The third-order valence-corrected chi connectivity index (χ3v) is 4.35. The number of nitrogens with one attached hydrogen (secondary N) is 1. The van der Waals surface area contributed by atoms with E-state index in [1.54, 1.807) is 19.2 Å². The van der Waals surface area contributed by atoms with Crippen LogP contribution in [0.15, 0.2) is 29.3 Å². The second-order valence-electron chi connectivity index (χ2n) is 5.93. The topological polar surface area (TPSA) is 46.1 Å². The van der Waals surface area contributed by atoms with Gasteiger partial charge in [-0.1, -0.05) is 12.1 Å². The number of rotatable bonds is 3. The van der Waals surface area contributed by atoms with Crippen molar-refractivity contribution >= 4 is 5.96 Å². The molecule has 1 aromatic carbocycles. The number of hydrogen-bond acceptors (Lipinski definition) is 3. The van der Waals surface area contributed by atoms with E-state index >= 15 is 0 Å². The van der Waals surface area contributed by atoms with Crippen molar-refractivity contribution < 1.29 is 13.9 Å². The van der Waals surface area contributed by atoms with Crippen molar-refractivity contribution in [2.24, 2.45) is 4.99 Å². The molecule has 2 heterocycles. The van der Waals surface area contributed by atoms with Gasteiger partial charge in [0.25, 0.3) is 0 Å². The highest BCUT2D eigenvalue weighted by molar-refractivity contribution is 5.80. The fourth-order valence-corrected chi connectivity index (χ4v) is 3.10. The van der Waals surface area contributed by atoms with Crippen LogP contribution in [0.5, 0.6) is 0 Å². The Morgan fingerprint density at radius 1 is 1.26 bits per heavy atom. The van der Waals surface area contributed by atoms with E-state index in [1.165, 1.54) is 12.1 Å². The Hall–Kier alpha value is -1.66. The largest absolute Gasteiger partial charge is 0.375 e. The highest BCUT2D eigenvalue weighted by Crippen LogP contribution is 2.21. The molecule has 0 aliphatic carbocycles. The van der Waals surface area contributed by atoms with Gasteiger partial charge in [-0.3, -0.25) is 4.99 Å². The molecule has 6 heteroatoms. The van der Waals surface area contributed by atoms with Crippen molar-refractivity contribution in [1.82, 2.24) is 10.2 Å². The summed E-state index contributed by atoms with van der Waals surface area (Å²) in [7, 11) is 1.78. The first-order chi connectivity index (χ1) is 11.3. The summed E-state index contributed by atoms with van der Waals surface area (Å²) in [5, 5.41) is 3.34. The van der Waals surface area contributed by atoms with E-state index in [0.29, 0.717) is 13.2 Å². The van der Waals surface area contributed by atoms with Gasteiger partial charge in [-0.2, -0.15) is 0 Å². The van der Waals surface area contributed by atoms with Crippen LogP contribution in [0, 0.1) is 5.82 Å². The van der Waals surface area contributed by atoms with Gasteiger partial charge in [0, 0.05) is 33.3 Å². The van der Waals surface area contributed by atoms with Gasteiger partial charge in [0.2, 0.25) is 0 Å². The summed E-state index contributed by atoms with van der Waals surface area (Å²) in [6, 6.07) is 6.51. The van der Waals surface area contributed by atoms with E-state index in [0.717, 1.165) is 44.1 Å². The first-order valence-corrected chi connectivity index (χ1v) is 8.19. The van der Waals surface area contributed by atoms with E-state index in [-0.39, 0.29) is 18.0 Å². The molecule has 0 saturated carbocycles. The summed E-state index contributed by atoms with van der Waals surface area (Å²) in [5.41, 5.74) is 1.02. The van der Waals surface area contributed by atoms with Gasteiger partial charge in [-0.25, -0.2) is 4.39 Å². The lowest BCUT2D eigenvalue weighted by Crippen LogP contribution is -2.53. The molecular weight excluding hydrogens is 297 g/mol. The molecule has 2 aliphatic rings. The average molecular weight is 321 g/mol. The number of aliphatic imine (C=N–C) groups is 1. The molecule has 23 heavy (non-hydrogen) atoms. The maximum atomic E-state index is 13.0. The molecule has 2 aliphatic heterocycles. The second kappa shape index (κ2) is 7.75. The van der Waals surface area contributed by atoms with Gasteiger partial charge in [0.05, 0.1) is 12.7 Å². The molecule has 0 amide bonds. The Morgan fingerprint density at radius 3 is 2.74 bits per heavy atom. The monoisotopic (exact) mass is 321 g/mol. The van der Waals surface area contributed by atoms with E-state index < -0.39 is 0 Å². The molecule has 1 aromatic rings. The third-order valence-electron chi connectivity index (χ3n) is 4.35. The first kappa shape index (κ1) is 16.2. The molecule has 3 rings (SSSR count). The molecule has 1 N–H and O–H groups in total. The van der Waals surface area contributed by atoms with Crippen molar-refractivity contribution in [2.75, 3.05) is 33.4 Å². The zero-order valence-electron chi connectivity index (χ0n) is 13.5. The lowest BCUT2D eigenvalue weighted by Gasteiger charge is -2.37. The summed E-state index contributed by atoms with van der Waals surface area (Å²) in [6.07, 6.45) is 2.49. The molecule has 0 bridgehead atoms. The molecule has 2 unspecified atom stereocenters. The van der Waals surface area contributed by atoms with Crippen LogP contribution < -0.4 is 5.32 Å². The molecule has 5 nitrogen and oxygen atoms in total. The van der Waals surface area contributed by atoms with Gasteiger partial charge in [0.1, 0.15) is 11.9 Å². The van der Waals surface area contributed by atoms with Crippen molar-refractivity contribution in [3.63, 3.8) is 0 Å². The van der Waals surface area contributed by atoms with Gasteiger partial charge in [0.15, 0.2) is 5.96 Å². The number of halogens is 1. The summed E-state index contributed by atoms with van der Waals surface area (Å²) in [6.45, 7) is 3.73. The molecule has 0 spiro atoms. The van der Waals surface area contributed by atoms with Crippen molar-refractivity contribution in [3.8, 4) is 0 Å². The molecule has 2 atom stereocenters. The van der Waals surface area contributed by atoms with Crippen molar-refractivity contribution in [1.29, 1.82) is 0 Å². The van der Waals surface area contributed by atoms with Crippen LogP contribution in [0.1, 0.15) is 18.4 Å². The Morgan fingerprint density at radius 2 is 2.04 bits per heavy atom. The minimum Gasteiger partial charge on any atom is -0.375 e. The number of hydrogen-bond donors (Lipinski definition) is 1. The Labute approximate surface area is 136 Å². The average Bonchev–Trinajstić information content (AvgIpc) is 3.12. The minimum absolute atomic E-state index is 0.107. The SMILES string of the molecule is CN=C(NCc1ccc(F)cc1)N1CCOC(C2CCCO2)C1. The van der Waals surface area contributed by atoms with Gasteiger partial charge >= 0.3 is 0 Å². The molecular formula is C17H24FN3O2. The normalized spacial score (nSPS) is 25.7. The van der Waals surface area contributed by atoms with E-state index in [2.05, 4.69) is 15.2 Å². The zero-order valence-corrected chi connectivity index (χ0v) is 13.5. The predicted octanol–water partition coefficient (Wildman–Crippen LogP) is 1.78. The van der Waals surface area contributed by atoms with Gasteiger partial charge in [-0.15, -0.1) is 0 Å². The van der Waals surface area contributed by atoms with E-state index in [9.17, 15) is 4.39 Å². The Kier molecular flexibility index (Phi) is 5.46. The summed E-state index contributed by atoms with van der Waals surface area (Å²) in [5.74, 6) is 0.631. The molecule has 2 fully saturated rings. The van der Waals surface area contributed by atoms with Crippen molar-refractivity contribution in [3.05, 3.63) is 35.6 Å². The Bertz CT molecular complexity index is 529. The highest BCUT2D eigenvalue weighted by Gasteiger charge is 2.32. The quantitative estimate of drug-likeness (QED) is 0.681. The fraction of sp³-hybridized carbons (Fsp3) is 0.588. The maximum absolute atomic E-state index is 13.0. The van der Waals surface area contributed by atoms with Gasteiger partial charge in [-0.05, 0) is 30.5 Å².